The van der Waals surface area contributed by atoms with Crippen molar-refractivity contribution in [2.24, 2.45) is 0 Å². The molecule has 1 unspecified atom stereocenters. The third kappa shape index (κ3) is 3.71. The van der Waals surface area contributed by atoms with Crippen molar-refractivity contribution in [3.8, 4) is 5.75 Å². The summed E-state index contributed by atoms with van der Waals surface area (Å²) in [6, 6.07) is 16.4. The first kappa shape index (κ1) is 20.5. The fourth-order valence-electron chi connectivity index (χ4n) is 4.67. The number of rotatable bonds is 5. The van der Waals surface area contributed by atoms with E-state index in [1.807, 2.05) is 23.1 Å². The summed E-state index contributed by atoms with van der Waals surface area (Å²) in [6.07, 6.45) is 0.944. The number of nitrogens with zero attached hydrogens (tertiary/aromatic N) is 2. The van der Waals surface area contributed by atoms with Crippen molar-refractivity contribution in [3.05, 3.63) is 71.0 Å². The molecule has 1 aliphatic heterocycles. The minimum Gasteiger partial charge on any atom is -0.497 e. The van der Waals surface area contributed by atoms with Crippen LogP contribution in [0, 0.1) is 0 Å². The van der Waals surface area contributed by atoms with Crippen LogP contribution in [0.3, 0.4) is 0 Å². The number of H-pyrrole nitrogens is 1. The van der Waals surface area contributed by atoms with Gasteiger partial charge in [0.15, 0.2) is 0 Å². The van der Waals surface area contributed by atoms with E-state index in [2.05, 4.69) is 35.3 Å². The molecule has 1 atom stereocenters. The highest BCUT2D eigenvalue weighted by atomic mass is 16.5. The number of carbonyl (C=O) groups is 1. The number of aliphatic hydroxyl groups excluding tert-OH is 1. The number of aromatic amines is 1. The molecular formula is C26H27N3O3. The topological polar surface area (TPSA) is 78.5 Å². The van der Waals surface area contributed by atoms with Gasteiger partial charge in [-0.2, -0.15) is 0 Å². The Balaban J connectivity index is 1.61. The fourth-order valence-corrected chi connectivity index (χ4v) is 4.67. The van der Waals surface area contributed by atoms with E-state index in [1.165, 1.54) is 16.3 Å². The molecule has 1 aliphatic rings. The number of para-hydroxylation sites is 1. The number of pyridine rings is 1. The second-order valence-corrected chi connectivity index (χ2v) is 8.55. The molecule has 0 fully saturated rings. The summed E-state index contributed by atoms with van der Waals surface area (Å²) in [5.41, 5.74) is 6.47. The van der Waals surface area contributed by atoms with E-state index in [0.29, 0.717) is 19.5 Å². The molecule has 0 bridgehead atoms. The van der Waals surface area contributed by atoms with Crippen LogP contribution < -0.4 is 4.74 Å². The summed E-state index contributed by atoms with van der Waals surface area (Å²) < 4.78 is 5.29. The molecule has 6 heteroatoms. The number of fused-ring (bicyclic) bond motifs is 5. The summed E-state index contributed by atoms with van der Waals surface area (Å²) in [6.45, 7) is 2.77. The van der Waals surface area contributed by atoms with Gasteiger partial charge in [0.25, 0.3) is 0 Å². The molecule has 1 amide bonds. The van der Waals surface area contributed by atoms with E-state index in [4.69, 9.17) is 9.72 Å². The van der Waals surface area contributed by atoms with Crippen molar-refractivity contribution in [2.75, 3.05) is 13.7 Å². The maximum absolute atomic E-state index is 12.6. The molecule has 164 valence electrons. The second-order valence-electron chi connectivity index (χ2n) is 8.55. The Bertz CT molecular complexity index is 1290. The van der Waals surface area contributed by atoms with Gasteiger partial charge in [-0.1, -0.05) is 30.3 Å². The van der Waals surface area contributed by atoms with Crippen LogP contribution in [0.1, 0.15) is 35.9 Å². The van der Waals surface area contributed by atoms with Crippen LogP contribution in [-0.4, -0.2) is 45.6 Å². The Morgan fingerprint density at radius 2 is 2.00 bits per heavy atom. The molecule has 2 N–H and O–H groups in total. The molecule has 2 aromatic carbocycles. The third-order valence-corrected chi connectivity index (χ3v) is 6.24. The first-order chi connectivity index (χ1) is 15.5. The predicted octanol–water partition coefficient (Wildman–Crippen LogP) is 3.97. The number of hydrogen-bond donors (Lipinski definition) is 2. The highest BCUT2D eigenvalue weighted by molar-refractivity contribution is 6.10. The van der Waals surface area contributed by atoms with Gasteiger partial charge in [-0.05, 0) is 42.7 Å². The molecule has 0 saturated heterocycles. The average Bonchev–Trinajstić information content (AvgIpc) is 3.19. The Morgan fingerprint density at radius 3 is 2.75 bits per heavy atom. The molecule has 0 saturated carbocycles. The Morgan fingerprint density at radius 1 is 1.22 bits per heavy atom. The van der Waals surface area contributed by atoms with Crippen LogP contribution in [0.2, 0.25) is 0 Å². The smallest absolute Gasteiger partial charge is 0.225 e. The zero-order valence-corrected chi connectivity index (χ0v) is 18.4. The first-order valence-electron chi connectivity index (χ1n) is 11.0. The van der Waals surface area contributed by atoms with Crippen molar-refractivity contribution < 1.29 is 14.6 Å². The van der Waals surface area contributed by atoms with E-state index in [0.717, 1.165) is 40.2 Å². The quantitative estimate of drug-likeness (QED) is 0.503. The van der Waals surface area contributed by atoms with Gasteiger partial charge in [0, 0.05) is 29.3 Å². The lowest BCUT2D eigenvalue weighted by Gasteiger charge is -2.29. The van der Waals surface area contributed by atoms with E-state index < -0.39 is 6.10 Å². The molecule has 0 radical (unpaired) electrons. The summed E-state index contributed by atoms with van der Waals surface area (Å²) in [7, 11) is 1.67. The van der Waals surface area contributed by atoms with E-state index in [-0.39, 0.29) is 12.3 Å². The molecule has 32 heavy (non-hydrogen) atoms. The maximum Gasteiger partial charge on any atom is 0.225 e. The van der Waals surface area contributed by atoms with Gasteiger partial charge in [0.2, 0.25) is 5.91 Å². The van der Waals surface area contributed by atoms with Gasteiger partial charge in [-0.15, -0.1) is 0 Å². The summed E-state index contributed by atoms with van der Waals surface area (Å²) in [5.74, 6) is 0.804. The van der Waals surface area contributed by atoms with Gasteiger partial charge in [-0.25, -0.2) is 0 Å². The van der Waals surface area contributed by atoms with Gasteiger partial charge in [-0.3, -0.25) is 9.78 Å². The van der Waals surface area contributed by atoms with Crippen molar-refractivity contribution in [1.82, 2.24) is 14.9 Å². The number of amides is 1. The number of aromatic nitrogens is 2. The molecule has 2 aromatic heterocycles. The van der Waals surface area contributed by atoms with E-state index in [1.54, 1.807) is 14.0 Å². The minimum atomic E-state index is -0.640. The van der Waals surface area contributed by atoms with E-state index >= 15 is 0 Å². The summed E-state index contributed by atoms with van der Waals surface area (Å²) in [5, 5.41) is 12.1. The minimum absolute atomic E-state index is 0.0248. The van der Waals surface area contributed by atoms with Crippen LogP contribution in [-0.2, 0) is 24.2 Å². The number of benzene rings is 2. The number of ether oxygens (including phenoxy) is 1. The zero-order valence-electron chi connectivity index (χ0n) is 18.4. The number of aliphatic hydroxyl groups is 1. The fraction of sp³-hybridized carbons (Fsp3) is 0.308. The summed E-state index contributed by atoms with van der Waals surface area (Å²) >= 11 is 0. The lowest BCUT2D eigenvalue weighted by Crippen LogP contribution is -2.38. The molecule has 0 spiro atoms. The first-order valence-corrected chi connectivity index (χ1v) is 11.0. The predicted molar refractivity (Wildman–Crippen MR) is 125 cm³/mol. The average molecular weight is 430 g/mol. The SMILES string of the molecule is COc1ccc(Cc2nc3c(c4c2[nH]c2ccccc24)CCN(C(=O)CC(C)O)C3)cc1. The largest absolute Gasteiger partial charge is 0.497 e. The van der Waals surface area contributed by atoms with Crippen molar-refractivity contribution >= 4 is 27.7 Å². The molecule has 3 heterocycles. The third-order valence-electron chi connectivity index (χ3n) is 6.24. The number of nitrogens with one attached hydrogen (secondary N) is 1. The summed E-state index contributed by atoms with van der Waals surface area (Å²) in [4.78, 5) is 23.1. The van der Waals surface area contributed by atoms with Crippen LogP contribution in [0.15, 0.2) is 48.5 Å². The molecule has 0 aliphatic carbocycles. The number of hydrogen-bond acceptors (Lipinski definition) is 4. The second kappa shape index (κ2) is 8.28. The Kier molecular flexibility index (Phi) is 5.31. The Labute approximate surface area is 186 Å². The normalized spacial score (nSPS) is 14.5. The molecular weight excluding hydrogens is 402 g/mol. The van der Waals surface area contributed by atoms with Crippen LogP contribution in [0.4, 0.5) is 0 Å². The van der Waals surface area contributed by atoms with Gasteiger partial charge < -0.3 is 19.7 Å². The van der Waals surface area contributed by atoms with E-state index in [9.17, 15) is 9.90 Å². The number of methoxy groups -OCH3 is 1. The highest BCUT2D eigenvalue weighted by Crippen LogP contribution is 2.35. The van der Waals surface area contributed by atoms with Crippen LogP contribution in [0.5, 0.6) is 5.75 Å². The lowest BCUT2D eigenvalue weighted by molar-refractivity contribution is -0.134. The van der Waals surface area contributed by atoms with Crippen LogP contribution >= 0.6 is 0 Å². The molecule has 5 rings (SSSR count). The van der Waals surface area contributed by atoms with Crippen molar-refractivity contribution in [1.29, 1.82) is 0 Å². The van der Waals surface area contributed by atoms with Gasteiger partial charge in [0.1, 0.15) is 5.75 Å². The van der Waals surface area contributed by atoms with Crippen LogP contribution in [0.25, 0.3) is 21.8 Å². The molecule has 6 nitrogen and oxygen atoms in total. The highest BCUT2D eigenvalue weighted by Gasteiger charge is 2.26. The maximum atomic E-state index is 12.6. The van der Waals surface area contributed by atoms with Gasteiger partial charge >= 0.3 is 0 Å². The van der Waals surface area contributed by atoms with Crippen molar-refractivity contribution in [3.63, 3.8) is 0 Å². The standard InChI is InChI=1S/C26H27N3O3/c1-16(30)13-24(31)29-12-11-20-23(15-29)27-22(14-17-7-9-18(32-2)10-8-17)26-25(20)19-5-3-4-6-21(19)28-26/h3-10,16,28,30H,11-15H2,1-2H3. The van der Waals surface area contributed by atoms with Crippen molar-refractivity contribution in [2.45, 2.75) is 38.8 Å². The van der Waals surface area contributed by atoms with Gasteiger partial charge in [0.05, 0.1) is 43.1 Å². The lowest BCUT2D eigenvalue weighted by atomic mass is 9.96. The molecule has 4 aromatic rings. The monoisotopic (exact) mass is 429 g/mol. The zero-order chi connectivity index (χ0) is 22.2. The Hall–Kier alpha value is -3.38. The number of carbonyl (C=O) groups excluding carboxylic acids is 1.